The summed E-state index contributed by atoms with van der Waals surface area (Å²) in [7, 11) is 0. The Kier molecular flexibility index (Phi) is 5.92. The Morgan fingerprint density at radius 1 is 1.00 bits per heavy atom. The molecular formula is C29H24Cl2F3N3OS. The summed E-state index contributed by atoms with van der Waals surface area (Å²) in [6.45, 7) is 0. The average Bonchev–Trinajstić information content (AvgIpc) is 3.53. The Morgan fingerprint density at radius 3 is 2.33 bits per heavy atom. The summed E-state index contributed by atoms with van der Waals surface area (Å²) in [5.74, 6) is 1.25. The van der Waals surface area contributed by atoms with Crippen molar-refractivity contribution < 1.29 is 17.7 Å². The van der Waals surface area contributed by atoms with Gasteiger partial charge in [-0.3, -0.25) is 4.98 Å². The molecule has 39 heavy (non-hydrogen) atoms. The Morgan fingerprint density at radius 2 is 1.69 bits per heavy atom. The zero-order valence-corrected chi connectivity index (χ0v) is 23.2. The predicted molar refractivity (Wildman–Crippen MR) is 147 cm³/mol. The lowest BCUT2D eigenvalue weighted by atomic mass is 9.54. The highest BCUT2D eigenvalue weighted by Crippen LogP contribution is 2.59. The minimum absolute atomic E-state index is 0.0582. The molecule has 0 saturated heterocycles. The zero-order valence-electron chi connectivity index (χ0n) is 20.8. The molecule has 0 aliphatic heterocycles. The first-order chi connectivity index (χ1) is 18.7. The van der Waals surface area contributed by atoms with Gasteiger partial charge >= 0.3 is 6.18 Å². The van der Waals surface area contributed by atoms with Gasteiger partial charge in [0.2, 0.25) is 0 Å². The fourth-order valence-corrected chi connectivity index (χ4v) is 8.07. The van der Waals surface area contributed by atoms with Crippen LogP contribution in [0.1, 0.15) is 79.2 Å². The molecule has 3 heterocycles. The molecule has 10 heteroatoms. The standard InChI is InChI=1S/C29H24Cl2F3N3OS/c30-19-14-35-15-20(31)23(19)24-18(25(38-37-24)16-1-2-16)5-6-27-7-10-28(11-8-27,12-9-27)26-36-21-13-17(29(32,33)34)3-4-22(21)39-26/h3-6,13-16H,1-2,7-12H2/b6-5+. The van der Waals surface area contributed by atoms with Crippen LogP contribution in [-0.4, -0.2) is 15.1 Å². The number of halogens is 5. The summed E-state index contributed by atoms with van der Waals surface area (Å²) in [5.41, 5.74) is 2.03. The average molecular weight is 590 g/mol. The predicted octanol–water partition coefficient (Wildman–Crippen LogP) is 9.85. The maximum atomic E-state index is 13.2. The second-order valence-corrected chi connectivity index (χ2v) is 13.1. The molecule has 3 aromatic heterocycles. The second kappa shape index (κ2) is 9.05. The summed E-state index contributed by atoms with van der Waals surface area (Å²) in [6.07, 6.45) is 11.3. The van der Waals surface area contributed by atoms with Gasteiger partial charge in [-0.05, 0) is 75.0 Å². The van der Waals surface area contributed by atoms with Gasteiger partial charge in [-0.2, -0.15) is 13.2 Å². The van der Waals surface area contributed by atoms with Crippen molar-refractivity contribution in [2.75, 3.05) is 0 Å². The molecule has 4 aliphatic carbocycles. The first kappa shape index (κ1) is 25.5. The van der Waals surface area contributed by atoms with Gasteiger partial charge in [-0.15, -0.1) is 11.3 Å². The Bertz CT molecular complexity index is 1580. The van der Waals surface area contributed by atoms with E-state index in [1.54, 1.807) is 29.8 Å². The van der Waals surface area contributed by atoms with E-state index in [4.69, 9.17) is 32.7 Å². The van der Waals surface area contributed by atoms with Crippen LogP contribution in [0.2, 0.25) is 10.0 Å². The lowest BCUT2D eigenvalue weighted by Gasteiger charge is -2.51. The van der Waals surface area contributed by atoms with E-state index in [0.717, 1.165) is 78.5 Å². The van der Waals surface area contributed by atoms with Crippen molar-refractivity contribution in [3.63, 3.8) is 0 Å². The van der Waals surface area contributed by atoms with E-state index >= 15 is 0 Å². The third kappa shape index (κ3) is 4.39. The molecule has 0 spiro atoms. The molecule has 0 unspecified atom stereocenters. The molecule has 4 fully saturated rings. The van der Waals surface area contributed by atoms with Crippen molar-refractivity contribution in [3.8, 4) is 11.3 Å². The topological polar surface area (TPSA) is 51.8 Å². The molecule has 202 valence electrons. The fourth-order valence-electron chi connectivity index (χ4n) is 6.30. The summed E-state index contributed by atoms with van der Waals surface area (Å²) < 4.78 is 46.3. The molecule has 2 bridgehead atoms. The number of hydrogen-bond acceptors (Lipinski definition) is 5. The summed E-state index contributed by atoms with van der Waals surface area (Å²) in [4.78, 5) is 8.81. The van der Waals surface area contributed by atoms with Crippen LogP contribution in [0.3, 0.4) is 0 Å². The maximum Gasteiger partial charge on any atom is 0.416 e. The molecular weight excluding hydrogens is 566 g/mol. The van der Waals surface area contributed by atoms with Gasteiger partial charge in [0.1, 0.15) is 11.5 Å². The lowest BCUT2D eigenvalue weighted by molar-refractivity contribution is -0.137. The van der Waals surface area contributed by atoms with E-state index in [-0.39, 0.29) is 10.8 Å². The van der Waals surface area contributed by atoms with E-state index in [2.05, 4.69) is 22.3 Å². The minimum atomic E-state index is -4.37. The van der Waals surface area contributed by atoms with Gasteiger partial charge in [-0.25, -0.2) is 4.98 Å². The first-order valence-electron chi connectivity index (χ1n) is 13.1. The van der Waals surface area contributed by atoms with Gasteiger partial charge < -0.3 is 4.52 Å². The number of benzene rings is 1. The van der Waals surface area contributed by atoms with Gasteiger partial charge in [0.25, 0.3) is 0 Å². The SMILES string of the molecule is FC(F)(F)c1ccc2sc(C34CCC(/C=C/c5c(-c6c(Cl)cncc6Cl)noc5C5CC5)(CC3)CC4)nc2c1. The second-order valence-electron chi connectivity index (χ2n) is 11.2. The molecule has 0 amide bonds. The molecule has 0 atom stereocenters. The van der Waals surface area contributed by atoms with Gasteiger partial charge in [-0.1, -0.05) is 40.5 Å². The summed E-state index contributed by atoms with van der Waals surface area (Å²) in [5, 5.41) is 6.23. The van der Waals surface area contributed by atoms with Crippen molar-refractivity contribution >= 4 is 50.8 Å². The number of pyridine rings is 1. The van der Waals surface area contributed by atoms with Crippen LogP contribution in [-0.2, 0) is 11.6 Å². The van der Waals surface area contributed by atoms with Crippen molar-refractivity contribution in [1.82, 2.24) is 15.1 Å². The van der Waals surface area contributed by atoms with Crippen LogP contribution in [0.25, 0.3) is 27.6 Å². The van der Waals surface area contributed by atoms with Crippen LogP contribution in [0.4, 0.5) is 13.2 Å². The third-order valence-corrected chi connectivity index (χ3v) is 10.7. The van der Waals surface area contributed by atoms with E-state index < -0.39 is 11.7 Å². The van der Waals surface area contributed by atoms with E-state index in [1.807, 2.05) is 0 Å². The number of alkyl halides is 3. The monoisotopic (exact) mass is 589 g/mol. The molecule has 4 aromatic rings. The van der Waals surface area contributed by atoms with Crippen molar-refractivity contribution in [1.29, 1.82) is 0 Å². The van der Waals surface area contributed by atoms with Crippen molar-refractivity contribution in [3.05, 3.63) is 68.6 Å². The van der Waals surface area contributed by atoms with E-state index in [9.17, 15) is 13.2 Å². The number of hydrogen-bond donors (Lipinski definition) is 0. The number of fused-ring (bicyclic) bond motifs is 4. The maximum absolute atomic E-state index is 13.2. The Balaban J connectivity index is 1.16. The van der Waals surface area contributed by atoms with Crippen LogP contribution in [0.15, 0.2) is 41.2 Å². The van der Waals surface area contributed by atoms with Gasteiger partial charge in [0, 0.05) is 34.9 Å². The molecule has 1 aromatic carbocycles. The number of thiazole rings is 1. The quantitative estimate of drug-likeness (QED) is 0.232. The number of rotatable bonds is 5. The fraction of sp³-hybridized carbons (Fsp3) is 0.414. The van der Waals surface area contributed by atoms with E-state index in [1.165, 1.54) is 6.07 Å². The third-order valence-electron chi connectivity index (χ3n) is 8.87. The molecule has 8 rings (SSSR count). The van der Waals surface area contributed by atoms with E-state index in [0.29, 0.717) is 32.7 Å². The molecule has 4 nitrogen and oxygen atoms in total. The zero-order chi connectivity index (χ0) is 27.0. The highest BCUT2D eigenvalue weighted by atomic mass is 35.5. The first-order valence-corrected chi connectivity index (χ1v) is 14.7. The van der Waals surface area contributed by atoms with Crippen molar-refractivity contribution in [2.45, 2.75) is 68.9 Å². The molecule has 4 aliphatic rings. The minimum Gasteiger partial charge on any atom is -0.360 e. The number of allylic oxidation sites excluding steroid dienone is 1. The highest BCUT2D eigenvalue weighted by Gasteiger charge is 2.50. The van der Waals surface area contributed by atoms with Gasteiger partial charge in [0.15, 0.2) is 0 Å². The lowest BCUT2D eigenvalue weighted by Crippen LogP contribution is -2.43. The van der Waals surface area contributed by atoms with Crippen molar-refractivity contribution in [2.24, 2.45) is 5.41 Å². The largest absolute Gasteiger partial charge is 0.416 e. The Hall–Kier alpha value is -2.42. The smallest absolute Gasteiger partial charge is 0.360 e. The van der Waals surface area contributed by atoms with Crippen LogP contribution >= 0.6 is 34.5 Å². The summed E-state index contributed by atoms with van der Waals surface area (Å²) in [6, 6.07) is 3.89. The highest BCUT2D eigenvalue weighted by molar-refractivity contribution is 7.18. The number of nitrogens with zero attached hydrogens (tertiary/aromatic N) is 3. The Labute approximate surface area is 237 Å². The molecule has 0 radical (unpaired) electrons. The van der Waals surface area contributed by atoms with Crippen LogP contribution in [0, 0.1) is 5.41 Å². The number of aromatic nitrogens is 3. The molecule has 4 saturated carbocycles. The summed E-state index contributed by atoms with van der Waals surface area (Å²) >= 11 is 14.5. The normalized spacial score (nSPS) is 25.3. The van der Waals surface area contributed by atoms with Crippen LogP contribution in [0.5, 0.6) is 0 Å². The van der Waals surface area contributed by atoms with Gasteiger partial charge in [0.05, 0.1) is 30.8 Å². The molecule has 0 N–H and O–H groups in total. The van der Waals surface area contributed by atoms with Crippen LogP contribution < -0.4 is 0 Å².